The zero-order valence-electron chi connectivity index (χ0n) is 6.16. The van der Waals surface area contributed by atoms with Crippen molar-refractivity contribution in [1.29, 1.82) is 0 Å². The molecule has 0 spiro atoms. The van der Waals surface area contributed by atoms with Gasteiger partial charge in [-0.1, -0.05) is 6.07 Å². The van der Waals surface area contributed by atoms with Gasteiger partial charge in [0.15, 0.2) is 0 Å². The molecule has 0 aliphatic rings. The van der Waals surface area contributed by atoms with Gasteiger partial charge >= 0.3 is 0 Å². The second-order valence-electron chi connectivity index (χ2n) is 2.03. The number of nitrogens with zero attached hydrogens (tertiary/aromatic N) is 1. The molecule has 0 saturated heterocycles. The molecule has 0 aliphatic carbocycles. The van der Waals surface area contributed by atoms with E-state index < -0.39 is 0 Å². The van der Waals surface area contributed by atoms with Gasteiger partial charge in [0.25, 0.3) is 5.91 Å². The van der Waals surface area contributed by atoms with Crippen molar-refractivity contribution in [2.75, 3.05) is 12.8 Å². The van der Waals surface area contributed by atoms with E-state index in [9.17, 15) is 4.79 Å². The van der Waals surface area contributed by atoms with Crippen molar-refractivity contribution in [3.8, 4) is 0 Å². The molecule has 1 amide bonds. The van der Waals surface area contributed by atoms with Crippen molar-refractivity contribution in [2.24, 2.45) is 0 Å². The van der Waals surface area contributed by atoms with Crippen LogP contribution in [0.3, 0.4) is 0 Å². The fourth-order valence-corrected chi connectivity index (χ4v) is 0.706. The molecule has 58 valence electrons. The van der Waals surface area contributed by atoms with E-state index in [1.165, 1.54) is 0 Å². The summed E-state index contributed by atoms with van der Waals surface area (Å²) < 4.78 is 0. The average Bonchev–Trinajstić information content (AvgIpc) is 2.03. The maximum Gasteiger partial charge on any atom is 0.269 e. The van der Waals surface area contributed by atoms with Crippen molar-refractivity contribution in [3.63, 3.8) is 0 Å². The maximum absolute atomic E-state index is 10.9. The number of carbonyl (C=O) groups excluding carboxylic acids is 1. The Morgan fingerprint density at radius 1 is 1.64 bits per heavy atom. The minimum absolute atomic E-state index is 0.225. The van der Waals surface area contributed by atoms with Crippen LogP contribution in [0.1, 0.15) is 10.5 Å². The van der Waals surface area contributed by atoms with Gasteiger partial charge in [-0.15, -0.1) is 0 Å². The Morgan fingerprint density at radius 3 is 2.91 bits per heavy atom. The topological polar surface area (TPSA) is 68.0 Å². The molecular formula is C7H9N3O. The summed E-state index contributed by atoms with van der Waals surface area (Å²) in [5.74, 6) is 0.128. The molecule has 4 heteroatoms. The number of hydrogen-bond donors (Lipinski definition) is 2. The minimum atomic E-state index is -0.225. The first kappa shape index (κ1) is 7.53. The summed E-state index contributed by atoms with van der Waals surface area (Å²) in [5, 5.41) is 2.45. The monoisotopic (exact) mass is 151 g/mol. The number of amides is 1. The predicted octanol–water partition coefficient (Wildman–Crippen LogP) is 0.0234. The molecule has 1 aromatic rings. The highest BCUT2D eigenvalue weighted by Gasteiger charge is 2.02. The lowest BCUT2D eigenvalue weighted by atomic mass is 10.3. The zero-order chi connectivity index (χ0) is 8.27. The van der Waals surface area contributed by atoms with E-state index >= 15 is 0 Å². The Balaban J connectivity index is 2.96. The van der Waals surface area contributed by atoms with Crippen LogP contribution in [-0.2, 0) is 0 Å². The van der Waals surface area contributed by atoms with Crippen LogP contribution in [0, 0.1) is 0 Å². The van der Waals surface area contributed by atoms with Gasteiger partial charge in [0.2, 0.25) is 0 Å². The van der Waals surface area contributed by atoms with E-state index in [2.05, 4.69) is 10.3 Å². The van der Waals surface area contributed by atoms with Gasteiger partial charge in [-0.25, -0.2) is 4.98 Å². The highest BCUT2D eigenvalue weighted by atomic mass is 16.1. The van der Waals surface area contributed by atoms with E-state index in [1.807, 2.05) is 0 Å². The molecule has 0 aromatic carbocycles. The molecule has 0 radical (unpaired) electrons. The molecule has 0 aliphatic heterocycles. The average molecular weight is 151 g/mol. The van der Waals surface area contributed by atoms with Crippen molar-refractivity contribution < 1.29 is 4.79 Å². The minimum Gasteiger partial charge on any atom is -0.384 e. The van der Waals surface area contributed by atoms with Gasteiger partial charge in [0.05, 0.1) is 0 Å². The maximum atomic E-state index is 10.9. The third-order valence-electron chi connectivity index (χ3n) is 1.23. The van der Waals surface area contributed by atoms with Crippen LogP contribution < -0.4 is 11.1 Å². The summed E-state index contributed by atoms with van der Waals surface area (Å²) in [4.78, 5) is 14.7. The predicted molar refractivity (Wildman–Crippen MR) is 42.0 cm³/mol. The smallest absolute Gasteiger partial charge is 0.269 e. The number of carbonyl (C=O) groups is 1. The van der Waals surface area contributed by atoms with Crippen LogP contribution in [0.2, 0.25) is 0 Å². The Bertz CT molecular complexity index is 272. The number of hydrogen-bond acceptors (Lipinski definition) is 3. The van der Waals surface area contributed by atoms with E-state index in [0.29, 0.717) is 11.5 Å². The van der Waals surface area contributed by atoms with Gasteiger partial charge in [-0.05, 0) is 12.1 Å². The molecule has 0 fully saturated rings. The number of aromatic nitrogens is 1. The zero-order valence-corrected chi connectivity index (χ0v) is 6.16. The lowest BCUT2D eigenvalue weighted by molar-refractivity contribution is 0.0958. The number of rotatable bonds is 1. The van der Waals surface area contributed by atoms with Crippen molar-refractivity contribution >= 4 is 11.7 Å². The Labute approximate surface area is 64.4 Å². The van der Waals surface area contributed by atoms with Crippen LogP contribution in [0.4, 0.5) is 5.82 Å². The second kappa shape index (κ2) is 3.01. The first-order chi connectivity index (χ1) is 5.24. The Hall–Kier alpha value is -1.58. The Morgan fingerprint density at radius 2 is 2.36 bits per heavy atom. The number of anilines is 1. The van der Waals surface area contributed by atoms with Crippen LogP contribution in [0.25, 0.3) is 0 Å². The number of nitrogens with two attached hydrogens (primary N) is 1. The Kier molecular flexibility index (Phi) is 2.06. The molecule has 11 heavy (non-hydrogen) atoms. The van der Waals surface area contributed by atoms with E-state index in [1.54, 1.807) is 25.2 Å². The number of nitrogens with one attached hydrogen (secondary N) is 1. The summed E-state index contributed by atoms with van der Waals surface area (Å²) in [7, 11) is 1.55. The molecule has 0 saturated carbocycles. The molecule has 1 rings (SSSR count). The van der Waals surface area contributed by atoms with Gasteiger partial charge < -0.3 is 11.1 Å². The summed E-state index contributed by atoms with van der Waals surface area (Å²) in [6.45, 7) is 0. The van der Waals surface area contributed by atoms with Crippen LogP contribution in [0.15, 0.2) is 18.2 Å². The fraction of sp³-hybridized carbons (Fsp3) is 0.143. The molecule has 1 aromatic heterocycles. The number of pyridine rings is 1. The van der Waals surface area contributed by atoms with Gasteiger partial charge in [0.1, 0.15) is 11.5 Å². The largest absolute Gasteiger partial charge is 0.384 e. The van der Waals surface area contributed by atoms with Crippen molar-refractivity contribution in [1.82, 2.24) is 10.3 Å². The normalized spacial score (nSPS) is 9.18. The highest BCUT2D eigenvalue weighted by Crippen LogP contribution is 1.99. The molecule has 4 nitrogen and oxygen atoms in total. The SMILES string of the molecule is CNC(=O)c1cccc(N)n1. The molecule has 0 atom stereocenters. The summed E-state index contributed by atoms with van der Waals surface area (Å²) >= 11 is 0. The third kappa shape index (κ3) is 1.67. The molecule has 0 bridgehead atoms. The molecular weight excluding hydrogens is 142 g/mol. The molecule has 1 heterocycles. The van der Waals surface area contributed by atoms with Crippen molar-refractivity contribution in [2.45, 2.75) is 0 Å². The van der Waals surface area contributed by atoms with E-state index in [4.69, 9.17) is 5.73 Å². The standard InChI is InChI=1S/C7H9N3O/c1-9-7(11)5-3-2-4-6(8)10-5/h2-4H,1H3,(H2,8,10)(H,9,11). The fourth-order valence-electron chi connectivity index (χ4n) is 0.706. The lowest BCUT2D eigenvalue weighted by Crippen LogP contribution is -2.19. The quantitative estimate of drug-likeness (QED) is 0.594. The van der Waals surface area contributed by atoms with E-state index in [0.717, 1.165) is 0 Å². The summed E-state index contributed by atoms with van der Waals surface area (Å²) in [6, 6.07) is 4.93. The number of nitrogen functional groups attached to an aromatic ring is 1. The van der Waals surface area contributed by atoms with Crippen molar-refractivity contribution in [3.05, 3.63) is 23.9 Å². The molecule has 3 N–H and O–H groups in total. The summed E-state index contributed by atoms with van der Waals surface area (Å²) in [5.41, 5.74) is 5.70. The molecule has 0 unspecified atom stereocenters. The van der Waals surface area contributed by atoms with Crippen LogP contribution >= 0.6 is 0 Å². The van der Waals surface area contributed by atoms with Gasteiger partial charge in [-0.2, -0.15) is 0 Å². The second-order valence-corrected chi connectivity index (χ2v) is 2.03. The van der Waals surface area contributed by atoms with E-state index in [-0.39, 0.29) is 5.91 Å². The first-order valence-corrected chi connectivity index (χ1v) is 3.18. The first-order valence-electron chi connectivity index (χ1n) is 3.18. The van der Waals surface area contributed by atoms with Gasteiger partial charge in [0, 0.05) is 7.05 Å². The third-order valence-corrected chi connectivity index (χ3v) is 1.23. The lowest BCUT2D eigenvalue weighted by Gasteiger charge is -1.98. The summed E-state index contributed by atoms with van der Waals surface area (Å²) in [6.07, 6.45) is 0. The highest BCUT2D eigenvalue weighted by molar-refractivity contribution is 5.92. The van der Waals surface area contributed by atoms with Crippen LogP contribution in [0.5, 0.6) is 0 Å². The van der Waals surface area contributed by atoms with Crippen LogP contribution in [-0.4, -0.2) is 17.9 Å². The van der Waals surface area contributed by atoms with Gasteiger partial charge in [-0.3, -0.25) is 4.79 Å².